The maximum absolute atomic E-state index is 13.2. The van der Waals surface area contributed by atoms with Gasteiger partial charge in [-0.25, -0.2) is 13.1 Å². The standard InChI is InChI=1S/C25H31N5O7S/c1-6-13-26-24(31)23-17(4)25(29(28-23)18-7-10-20(36-5)11-8-18)37-21-12-9-19(30(32)33)14-22(21)38(34,35)27-15-16(2)3/h7-12,14,16,27H,6,13,15H2,1-5H3,(H,26,31). The van der Waals surface area contributed by atoms with Crippen molar-refractivity contribution in [2.75, 3.05) is 20.2 Å². The van der Waals surface area contributed by atoms with Gasteiger partial charge in [-0.3, -0.25) is 14.9 Å². The summed E-state index contributed by atoms with van der Waals surface area (Å²) in [4.78, 5) is 23.1. The molecule has 0 unspecified atom stereocenters. The normalized spacial score (nSPS) is 11.4. The largest absolute Gasteiger partial charge is 0.497 e. The Morgan fingerprint density at radius 1 is 1.18 bits per heavy atom. The van der Waals surface area contributed by atoms with Crippen LogP contribution in [0.1, 0.15) is 43.2 Å². The third kappa shape index (κ3) is 6.47. The molecule has 1 heterocycles. The van der Waals surface area contributed by atoms with Crippen molar-refractivity contribution in [3.05, 3.63) is 63.8 Å². The monoisotopic (exact) mass is 545 g/mol. The number of nitro groups is 1. The Hall–Kier alpha value is -3.97. The fourth-order valence-corrected chi connectivity index (χ4v) is 4.76. The van der Waals surface area contributed by atoms with Crippen molar-refractivity contribution >= 4 is 21.6 Å². The van der Waals surface area contributed by atoms with Crippen LogP contribution in [-0.2, 0) is 10.0 Å². The lowest BCUT2D eigenvalue weighted by Crippen LogP contribution is -2.28. The fraction of sp³-hybridized carbons (Fsp3) is 0.360. The number of hydrogen-bond acceptors (Lipinski definition) is 8. The average molecular weight is 546 g/mol. The second-order valence-electron chi connectivity index (χ2n) is 8.88. The Bertz CT molecular complexity index is 1420. The lowest BCUT2D eigenvalue weighted by atomic mass is 10.2. The molecule has 3 aromatic rings. The zero-order chi connectivity index (χ0) is 28.0. The second kappa shape index (κ2) is 12.0. The van der Waals surface area contributed by atoms with Crippen molar-refractivity contribution < 1.29 is 27.6 Å². The predicted octanol–water partition coefficient (Wildman–Crippen LogP) is 3.96. The molecule has 2 aromatic carbocycles. The SMILES string of the molecule is CCCNC(=O)c1nn(-c2ccc(OC)cc2)c(Oc2ccc([N+](=O)[O-])cc2S(=O)(=O)NCC(C)C)c1C. The highest BCUT2D eigenvalue weighted by molar-refractivity contribution is 7.89. The lowest BCUT2D eigenvalue weighted by Gasteiger charge is -2.15. The molecule has 0 aliphatic rings. The number of non-ortho nitro benzene ring substituents is 1. The second-order valence-corrected chi connectivity index (χ2v) is 10.6. The van der Waals surface area contributed by atoms with Gasteiger partial charge >= 0.3 is 0 Å². The third-order valence-electron chi connectivity index (χ3n) is 5.45. The molecule has 0 atom stereocenters. The summed E-state index contributed by atoms with van der Waals surface area (Å²) in [6.45, 7) is 7.76. The summed E-state index contributed by atoms with van der Waals surface area (Å²) >= 11 is 0. The molecule has 0 saturated carbocycles. The van der Waals surface area contributed by atoms with Gasteiger partial charge in [-0.1, -0.05) is 20.8 Å². The lowest BCUT2D eigenvalue weighted by molar-refractivity contribution is -0.385. The number of sulfonamides is 1. The third-order valence-corrected chi connectivity index (χ3v) is 6.90. The molecule has 0 fully saturated rings. The summed E-state index contributed by atoms with van der Waals surface area (Å²) in [6, 6.07) is 10.1. The molecular weight excluding hydrogens is 514 g/mol. The summed E-state index contributed by atoms with van der Waals surface area (Å²) in [5.74, 6) is 0.0875. The number of aromatic nitrogens is 2. The Morgan fingerprint density at radius 2 is 1.87 bits per heavy atom. The van der Waals surface area contributed by atoms with Crippen molar-refractivity contribution in [2.45, 2.75) is 39.0 Å². The van der Waals surface area contributed by atoms with E-state index in [1.54, 1.807) is 31.2 Å². The number of benzene rings is 2. The first-order valence-electron chi connectivity index (χ1n) is 12.0. The number of amides is 1. The summed E-state index contributed by atoms with van der Waals surface area (Å²) in [7, 11) is -2.66. The number of carbonyl (C=O) groups is 1. The molecule has 0 saturated heterocycles. The molecule has 3 rings (SSSR count). The molecule has 204 valence electrons. The van der Waals surface area contributed by atoms with E-state index in [0.29, 0.717) is 23.5 Å². The van der Waals surface area contributed by atoms with Gasteiger partial charge < -0.3 is 14.8 Å². The minimum absolute atomic E-state index is 0.00391. The van der Waals surface area contributed by atoms with Gasteiger partial charge in [0.2, 0.25) is 15.9 Å². The van der Waals surface area contributed by atoms with Gasteiger partial charge in [0.05, 0.1) is 17.7 Å². The number of hydrogen-bond donors (Lipinski definition) is 2. The van der Waals surface area contributed by atoms with Crippen LogP contribution < -0.4 is 19.5 Å². The summed E-state index contributed by atoms with van der Waals surface area (Å²) in [5, 5.41) is 18.6. The van der Waals surface area contributed by atoms with Crippen LogP contribution in [0.5, 0.6) is 17.4 Å². The van der Waals surface area contributed by atoms with Gasteiger partial charge in [0, 0.05) is 30.8 Å². The number of methoxy groups -OCH3 is 1. The molecule has 0 aliphatic carbocycles. The highest BCUT2D eigenvalue weighted by atomic mass is 32.2. The van der Waals surface area contributed by atoms with E-state index in [0.717, 1.165) is 18.6 Å². The van der Waals surface area contributed by atoms with Crippen LogP contribution in [0.4, 0.5) is 5.69 Å². The van der Waals surface area contributed by atoms with Crippen molar-refractivity contribution in [3.8, 4) is 23.1 Å². The van der Waals surface area contributed by atoms with Gasteiger partial charge in [-0.2, -0.15) is 9.78 Å². The first kappa shape index (κ1) is 28.6. The highest BCUT2D eigenvalue weighted by Gasteiger charge is 2.28. The molecular formula is C25H31N5O7S. The number of rotatable bonds is 12. The van der Waals surface area contributed by atoms with Crippen LogP contribution in [0, 0.1) is 23.0 Å². The van der Waals surface area contributed by atoms with Gasteiger partial charge in [0.25, 0.3) is 11.6 Å². The van der Waals surface area contributed by atoms with Gasteiger partial charge in [-0.05, 0) is 49.6 Å². The molecule has 1 aromatic heterocycles. The van der Waals surface area contributed by atoms with E-state index in [4.69, 9.17) is 9.47 Å². The zero-order valence-corrected chi connectivity index (χ0v) is 22.7. The van der Waals surface area contributed by atoms with E-state index in [9.17, 15) is 23.3 Å². The number of nitro benzene ring substituents is 1. The zero-order valence-electron chi connectivity index (χ0n) is 21.8. The highest BCUT2D eigenvalue weighted by Crippen LogP contribution is 2.36. The average Bonchev–Trinajstić information content (AvgIpc) is 3.22. The van der Waals surface area contributed by atoms with Gasteiger partial charge in [0.15, 0.2) is 5.69 Å². The van der Waals surface area contributed by atoms with Crippen LogP contribution in [0.25, 0.3) is 5.69 Å². The maximum Gasteiger partial charge on any atom is 0.272 e. The number of carbonyl (C=O) groups excluding carboxylic acids is 1. The molecule has 12 nitrogen and oxygen atoms in total. The molecule has 0 aliphatic heterocycles. The van der Waals surface area contributed by atoms with Crippen molar-refractivity contribution in [2.24, 2.45) is 5.92 Å². The Morgan fingerprint density at radius 3 is 2.45 bits per heavy atom. The van der Waals surface area contributed by atoms with Crippen LogP contribution >= 0.6 is 0 Å². The molecule has 1 amide bonds. The number of ether oxygens (including phenoxy) is 2. The summed E-state index contributed by atoms with van der Waals surface area (Å²) in [6.07, 6.45) is 0.723. The number of nitrogens with zero attached hydrogens (tertiary/aromatic N) is 3. The van der Waals surface area contributed by atoms with E-state index < -0.39 is 31.4 Å². The van der Waals surface area contributed by atoms with E-state index in [-0.39, 0.29) is 29.8 Å². The van der Waals surface area contributed by atoms with E-state index in [1.807, 2.05) is 20.8 Å². The Labute approximate surface area is 221 Å². The summed E-state index contributed by atoms with van der Waals surface area (Å²) in [5.41, 5.74) is 0.546. The molecule has 0 radical (unpaired) electrons. The van der Waals surface area contributed by atoms with Crippen LogP contribution in [0.3, 0.4) is 0 Å². The smallest absolute Gasteiger partial charge is 0.272 e. The van der Waals surface area contributed by atoms with E-state index >= 15 is 0 Å². The molecule has 2 N–H and O–H groups in total. The molecule has 38 heavy (non-hydrogen) atoms. The fourth-order valence-electron chi connectivity index (χ4n) is 3.40. The minimum Gasteiger partial charge on any atom is -0.497 e. The minimum atomic E-state index is -4.19. The first-order chi connectivity index (χ1) is 18.0. The van der Waals surface area contributed by atoms with Crippen molar-refractivity contribution in [1.82, 2.24) is 19.8 Å². The van der Waals surface area contributed by atoms with Gasteiger partial charge in [0.1, 0.15) is 16.4 Å². The van der Waals surface area contributed by atoms with Crippen LogP contribution in [0.15, 0.2) is 47.4 Å². The summed E-state index contributed by atoms with van der Waals surface area (Å²) < 4.78 is 41.4. The van der Waals surface area contributed by atoms with E-state index in [1.165, 1.54) is 17.9 Å². The maximum atomic E-state index is 13.2. The predicted molar refractivity (Wildman–Crippen MR) is 141 cm³/mol. The molecule has 0 bridgehead atoms. The van der Waals surface area contributed by atoms with Crippen LogP contribution in [-0.4, -0.2) is 49.2 Å². The quantitative estimate of drug-likeness (QED) is 0.256. The van der Waals surface area contributed by atoms with E-state index in [2.05, 4.69) is 15.1 Å². The first-order valence-corrected chi connectivity index (χ1v) is 13.4. The van der Waals surface area contributed by atoms with Crippen molar-refractivity contribution in [3.63, 3.8) is 0 Å². The van der Waals surface area contributed by atoms with Gasteiger partial charge in [-0.15, -0.1) is 0 Å². The Kier molecular flexibility index (Phi) is 9.07. The van der Waals surface area contributed by atoms with Crippen LogP contribution in [0.2, 0.25) is 0 Å². The number of nitrogens with one attached hydrogen (secondary N) is 2. The Balaban J connectivity index is 2.17. The topological polar surface area (TPSA) is 155 Å². The van der Waals surface area contributed by atoms with Crippen molar-refractivity contribution in [1.29, 1.82) is 0 Å². The molecule has 13 heteroatoms. The molecule has 0 spiro atoms.